The quantitative estimate of drug-likeness (QED) is 0.576. The minimum atomic E-state index is -5.38. The molecule has 0 fully saturated rings. The Morgan fingerprint density at radius 1 is 1.07 bits per heavy atom. The van der Waals surface area contributed by atoms with E-state index in [1.165, 1.54) is 23.5 Å². The van der Waals surface area contributed by atoms with Gasteiger partial charge in [-0.3, -0.25) is 4.98 Å². The second-order valence-electron chi connectivity index (χ2n) is 7.77. The van der Waals surface area contributed by atoms with Gasteiger partial charge in [-0.25, -0.2) is 13.4 Å². The Balaban J connectivity index is 1.89. The lowest BCUT2D eigenvalue weighted by atomic mass is 9.91. The van der Waals surface area contributed by atoms with Crippen LogP contribution in [-0.4, -0.2) is 29.0 Å². The number of alkyl halides is 3. The maximum absolute atomic E-state index is 12.6. The molecule has 2 aromatic heterocycles. The minimum Gasteiger partial charge on any atom is -0.508 e. The van der Waals surface area contributed by atoms with E-state index in [2.05, 4.69) is 30.7 Å². The van der Waals surface area contributed by atoms with E-state index < -0.39 is 26.8 Å². The van der Waals surface area contributed by atoms with Crippen LogP contribution in [0, 0.1) is 0 Å². The highest BCUT2D eigenvalue weighted by Gasteiger charge is 2.45. The Bertz CT molecular complexity index is 1180. The third-order valence-electron chi connectivity index (χ3n) is 4.36. The van der Waals surface area contributed by atoms with Crippen LogP contribution in [-0.2, 0) is 21.0 Å². The molecule has 1 aromatic carbocycles. The summed E-state index contributed by atoms with van der Waals surface area (Å²) in [6, 6.07) is 7.60. The third kappa shape index (κ3) is 4.65. The van der Waals surface area contributed by atoms with Crippen LogP contribution < -0.4 is 0 Å². The Labute approximate surface area is 176 Å². The lowest BCUT2D eigenvalue weighted by Gasteiger charge is -2.17. The predicted octanol–water partition coefficient (Wildman–Crippen LogP) is 5.31. The van der Waals surface area contributed by atoms with Crippen molar-refractivity contribution in [2.24, 2.45) is 0 Å². The van der Waals surface area contributed by atoms with Crippen molar-refractivity contribution >= 4 is 21.2 Å². The Morgan fingerprint density at radius 2 is 1.77 bits per heavy atom. The molecule has 1 N–H and O–H groups in total. The number of phenolic OH excluding ortho intramolecular Hbond substituents is 1. The van der Waals surface area contributed by atoms with Gasteiger partial charge in [0.1, 0.15) is 10.8 Å². The zero-order valence-electron chi connectivity index (χ0n) is 16.4. The standard InChI is InChI=1S/C20H19F3N2O3S2/c1-19(2,3)17-9-13(6-7-24-17)18-25-15(10-29-18)12-4-5-14(16(26)8-12)11-30(27,28)20(21,22)23/h4-10,26H,11H2,1-3H3. The Morgan fingerprint density at radius 3 is 2.37 bits per heavy atom. The fourth-order valence-corrected chi connectivity index (χ4v) is 4.29. The first-order valence-corrected chi connectivity index (χ1v) is 11.3. The number of nitrogens with zero attached hydrogens (tertiary/aromatic N) is 2. The SMILES string of the molecule is CC(C)(C)c1cc(-c2nc(-c3ccc(CS(=O)(=O)C(F)(F)F)c(O)c3)cs2)ccn1. The molecule has 0 spiro atoms. The first-order chi connectivity index (χ1) is 13.8. The number of aromatic nitrogens is 2. The number of hydrogen-bond acceptors (Lipinski definition) is 6. The van der Waals surface area contributed by atoms with Crippen molar-refractivity contribution in [2.75, 3.05) is 0 Å². The Kier molecular flexibility index (Phi) is 5.68. The zero-order valence-corrected chi connectivity index (χ0v) is 18.0. The molecule has 5 nitrogen and oxygen atoms in total. The zero-order chi connectivity index (χ0) is 22.3. The summed E-state index contributed by atoms with van der Waals surface area (Å²) in [5, 5.41) is 12.5. The number of hydrogen-bond donors (Lipinski definition) is 1. The fraction of sp³-hybridized carbons (Fsp3) is 0.300. The average molecular weight is 457 g/mol. The van der Waals surface area contributed by atoms with Gasteiger partial charge in [0, 0.05) is 39.4 Å². The highest BCUT2D eigenvalue weighted by Crippen LogP contribution is 2.34. The normalized spacial score (nSPS) is 12.9. The van der Waals surface area contributed by atoms with E-state index in [0.717, 1.165) is 22.3 Å². The third-order valence-corrected chi connectivity index (χ3v) is 6.65. The van der Waals surface area contributed by atoms with E-state index in [1.54, 1.807) is 11.6 Å². The number of thiazole rings is 1. The molecule has 0 aliphatic rings. The number of phenols is 1. The molecule has 10 heteroatoms. The number of pyridine rings is 1. The van der Waals surface area contributed by atoms with Crippen LogP contribution in [0.25, 0.3) is 21.8 Å². The highest BCUT2D eigenvalue weighted by molar-refractivity contribution is 7.91. The van der Waals surface area contributed by atoms with Crippen LogP contribution in [0.4, 0.5) is 13.2 Å². The second-order valence-corrected chi connectivity index (χ2v) is 10.6. The van der Waals surface area contributed by atoms with Crippen LogP contribution in [0.15, 0.2) is 41.9 Å². The monoisotopic (exact) mass is 456 g/mol. The first-order valence-electron chi connectivity index (χ1n) is 8.82. The van der Waals surface area contributed by atoms with Crippen LogP contribution in [0.5, 0.6) is 5.75 Å². The largest absolute Gasteiger partial charge is 0.508 e. The number of sulfone groups is 1. The molecule has 0 atom stereocenters. The lowest BCUT2D eigenvalue weighted by molar-refractivity contribution is -0.0437. The predicted molar refractivity (Wildman–Crippen MR) is 110 cm³/mol. The van der Waals surface area contributed by atoms with Crippen LogP contribution in [0.1, 0.15) is 32.0 Å². The molecule has 2 heterocycles. The van der Waals surface area contributed by atoms with Crippen LogP contribution in [0.3, 0.4) is 0 Å². The topological polar surface area (TPSA) is 80.2 Å². The van der Waals surface area contributed by atoms with Gasteiger partial charge in [-0.15, -0.1) is 11.3 Å². The van der Waals surface area contributed by atoms with Crippen molar-refractivity contribution in [1.82, 2.24) is 9.97 Å². The summed E-state index contributed by atoms with van der Waals surface area (Å²) in [7, 11) is -5.38. The molecule has 0 aliphatic heterocycles. The molecule has 0 amide bonds. The molecule has 0 unspecified atom stereocenters. The maximum atomic E-state index is 12.6. The number of rotatable bonds is 4. The number of halogens is 3. The van der Waals surface area contributed by atoms with Gasteiger partial charge in [0.15, 0.2) is 0 Å². The molecule has 160 valence electrons. The van der Waals surface area contributed by atoms with Gasteiger partial charge >= 0.3 is 5.51 Å². The van der Waals surface area contributed by atoms with Gasteiger partial charge in [-0.2, -0.15) is 13.2 Å². The van der Waals surface area contributed by atoms with Gasteiger partial charge < -0.3 is 5.11 Å². The van der Waals surface area contributed by atoms with E-state index in [4.69, 9.17) is 0 Å². The van der Waals surface area contributed by atoms with E-state index in [9.17, 15) is 26.7 Å². The lowest BCUT2D eigenvalue weighted by Crippen LogP contribution is -2.24. The molecule has 30 heavy (non-hydrogen) atoms. The molecule has 0 saturated heterocycles. The smallest absolute Gasteiger partial charge is 0.497 e. The number of aromatic hydroxyl groups is 1. The van der Waals surface area contributed by atoms with Gasteiger partial charge in [0.05, 0.1) is 11.4 Å². The summed E-state index contributed by atoms with van der Waals surface area (Å²) < 4.78 is 60.4. The van der Waals surface area contributed by atoms with Crippen LogP contribution in [0.2, 0.25) is 0 Å². The fourth-order valence-electron chi connectivity index (χ4n) is 2.64. The van der Waals surface area contributed by atoms with E-state index in [0.29, 0.717) is 11.3 Å². The summed E-state index contributed by atoms with van der Waals surface area (Å²) in [6.45, 7) is 6.15. The van der Waals surface area contributed by atoms with Crippen molar-refractivity contribution in [2.45, 2.75) is 37.4 Å². The van der Waals surface area contributed by atoms with Crippen LogP contribution >= 0.6 is 11.3 Å². The highest BCUT2D eigenvalue weighted by atomic mass is 32.2. The van der Waals surface area contributed by atoms with Crippen molar-refractivity contribution in [1.29, 1.82) is 0 Å². The van der Waals surface area contributed by atoms with Crippen molar-refractivity contribution in [3.63, 3.8) is 0 Å². The summed E-state index contributed by atoms with van der Waals surface area (Å²) in [5.74, 6) is -1.86. The molecular weight excluding hydrogens is 437 g/mol. The molecule has 3 aromatic rings. The molecule has 0 aliphatic carbocycles. The molecule has 0 radical (unpaired) electrons. The van der Waals surface area contributed by atoms with Crippen molar-refractivity contribution in [3.8, 4) is 27.6 Å². The van der Waals surface area contributed by atoms with E-state index in [-0.39, 0.29) is 11.0 Å². The molecule has 0 bridgehead atoms. The summed E-state index contributed by atoms with van der Waals surface area (Å²) in [4.78, 5) is 8.92. The van der Waals surface area contributed by atoms with Gasteiger partial charge in [0.2, 0.25) is 0 Å². The van der Waals surface area contributed by atoms with E-state index in [1.807, 2.05) is 12.1 Å². The maximum Gasteiger partial charge on any atom is 0.497 e. The molecule has 0 saturated carbocycles. The first kappa shape index (κ1) is 22.2. The Hall–Kier alpha value is -2.46. The number of benzene rings is 1. The summed E-state index contributed by atoms with van der Waals surface area (Å²) >= 11 is 1.38. The van der Waals surface area contributed by atoms with Gasteiger partial charge in [-0.05, 0) is 18.2 Å². The van der Waals surface area contributed by atoms with Gasteiger partial charge in [0.25, 0.3) is 9.84 Å². The molecule has 3 rings (SSSR count). The van der Waals surface area contributed by atoms with E-state index >= 15 is 0 Å². The molecular formula is C20H19F3N2O3S2. The second kappa shape index (κ2) is 7.66. The summed E-state index contributed by atoms with van der Waals surface area (Å²) in [5.41, 5.74) is -3.06. The average Bonchev–Trinajstić information content (AvgIpc) is 3.12. The van der Waals surface area contributed by atoms with Crippen molar-refractivity contribution in [3.05, 3.63) is 53.2 Å². The van der Waals surface area contributed by atoms with Crippen molar-refractivity contribution < 1.29 is 26.7 Å². The minimum absolute atomic E-state index is 0.130. The summed E-state index contributed by atoms with van der Waals surface area (Å²) in [6.07, 6.45) is 1.71. The van der Waals surface area contributed by atoms with Gasteiger partial charge in [-0.1, -0.05) is 32.9 Å².